The lowest BCUT2D eigenvalue weighted by molar-refractivity contribution is 0.0636. The number of rotatable bonds is 3. The molecular weight excluding hydrogens is 321 g/mol. The Kier molecular flexibility index (Phi) is 4.65. The van der Waals surface area contributed by atoms with Gasteiger partial charge in [-0.1, -0.05) is 0 Å². The normalized spacial score (nSPS) is 11.1. The standard InChI is InChI=1S/C15H16FN3O3S/c1-15(2,3)22-14(21)19-10-6-11(23-12(10)13(17)20)8-4-5-18-7-9(8)16/h4-7H,1-3H3,(H2,17,20)(H,19,21). The molecule has 23 heavy (non-hydrogen) atoms. The zero-order valence-corrected chi connectivity index (χ0v) is 13.7. The number of thiophene rings is 1. The average Bonchev–Trinajstić information content (AvgIpc) is 2.80. The van der Waals surface area contributed by atoms with E-state index in [2.05, 4.69) is 10.3 Å². The Morgan fingerprint density at radius 3 is 2.65 bits per heavy atom. The molecule has 6 nitrogen and oxygen atoms in total. The number of carbonyl (C=O) groups excluding carboxylic acids is 2. The second-order valence-corrected chi connectivity index (χ2v) is 6.75. The smallest absolute Gasteiger partial charge is 0.412 e. The van der Waals surface area contributed by atoms with Crippen LogP contribution in [0.5, 0.6) is 0 Å². The lowest BCUT2D eigenvalue weighted by atomic mass is 10.2. The molecule has 0 atom stereocenters. The van der Waals surface area contributed by atoms with Crippen molar-refractivity contribution in [3.8, 4) is 10.4 Å². The quantitative estimate of drug-likeness (QED) is 0.897. The predicted molar refractivity (Wildman–Crippen MR) is 85.9 cm³/mol. The van der Waals surface area contributed by atoms with Crippen LogP contribution < -0.4 is 11.1 Å². The van der Waals surface area contributed by atoms with Crippen LogP contribution in [0.1, 0.15) is 30.4 Å². The number of primary amides is 1. The summed E-state index contributed by atoms with van der Waals surface area (Å²) in [6.45, 7) is 5.15. The highest BCUT2D eigenvalue weighted by Crippen LogP contribution is 2.35. The first kappa shape index (κ1) is 16.9. The van der Waals surface area contributed by atoms with Gasteiger partial charge in [-0.2, -0.15) is 0 Å². The van der Waals surface area contributed by atoms with Crippen LogP contribution >= 0.6 is 11.3 Å². The molecule has 2 aromatic rings. The highest BCUT2D eigenvalue weighted by molar-refractivity contribution is 7.18. The van der Waals surface area contributed by atoms with E-state index in [0.717, 1.165) is 17.5 Å². The molecule has 2 amide bonds. The van der Waals surface area contributed by atoms with Gasteiger partial charge in [-0.25, -0.2) is 9.18 Å². The fourth-order valence-electron chi connectivity index (χ4n) is 1.79. The number of nitrogens with zero attached hydrogens (tertiary/aromatic N) is 1. The third-order valence-corrected chi connectivity index (χ3v) is 3.81. The molecule has 0 aromatic carbocycles. The Bertz CT molecular complexity index is 753. The molecule has 0 unspecified atom stereocenters. The summed E-state index contributed by atoms with van der Waals surface area (Å²) in [6.07, 6.45) is 1.78. The van der Waals surface area contributed by atoms with Gasteiger partial charge in [0.2, 0.25) is 0 Å². The molecule has 2 rings (SSSR count). The van der Waals surface area contributed by atoms with Gasteiger partial charge in [0.1, 0.15) is 16.3 Å². The first-order valence-corrected chi connectivity index (χ1v) is 7.52. The van der Waals surface area contributed by atoms with E-state index in [4.69, 9.17) is 10.5 Å². The number of nitrogens with two attached hydrogens (primary N) is 1. The maximum absolute atomic E-state index is 13.8. The molecule has 8 heteroatoms. The second-order valence-electron chi connectivity index (χ2n) is 5.70. The van der Waals surface area contributed by atoms with Crippen LogP contribution in [-0.4, -0.2) is 22.6 Å². The maximum atomic E-state index is 13.8. The average molecular weight is 337 g/mol. The van der Waals surface area contributed by atoms with Crippen molar-refractivity contribution < 1.29 is 18.7 Å². The first-order chi connectivity index (χ1) is 10.7. The molecule has 122 valence electrons. The molecule has 0 bridgehead atoms. The van der Waals surface area contributed by atoms with Crippen molar-refractivity contribution in [2.24, 2.45) is 5.73 Å². The van der Waals surface area contributed by atoms with Crippen molar-refractivity contribution in [1.29, 1.82) is 0 Å². The lowest BCUT2D eigenvalue weighted by Gasteiger charge is -2.19. The van der Waals surface area contributed by atoms with E-state index >= 15 is 0 Å². The molecule has 0 radical (unpaired) electrons. The topological polar surface area (TPSA) is 94.3 Å². The third-order valence-electron chi connectivity index (χ3n) is 2.63. The van der Waals surface area contributed by atoms with Gasteiger partial charge in [-0.15, -0.1) is 11.3 Å². The molecule has 0 aliphatic heterocycles. The molecule has 0 aliphatic carbocycles. The van der Waals surface area contributed by atoms with Gasteiger partial charge >= 0.3 is 6.09 Å². The van der Waals surface area contributed by atoms with Gasteiger partial charge in [-0.05, 0) is 32.9 Å². The molecule has 2 heterocycles. The van der Waals surface area contributed by atoms with Gasteiger partial charge in [0.05, 0.1) is 11.9 Å². The highest BCUT2D eigenvalue weighted by Gasteiger charge is 2.21. The summed E-state index contributed by atoms with van der Waals surface area (Å²) in [5.41, 5.74) is 5.08. The number of aromatic nitrogens is 1. The summed E-state index contributed by atoms with van der Waals surface area (Å²) in [5, 5.41) is 2.47. The zero-order valence-electron chi connectivity index (χ0n) is 12.8. The molecule has 0 saturated carbocycles. The molecule has 0 fully saturated rings. The number of nitrogens with one attached hydrogen (secondary N) is 1. The number of ether oxygens (including phenoxy) is 1. The van der Waals surface area contributed by atoms with Gasteiger partial charge in [0.15, 0.2) is 0 Å². The van der Waals surface area contributed by atoms with E-state index in [-0.39, 0.29) is 16.1 Å². The van der Waals surface area contributed by atoms with Crippen molar-refractivity contribution in [2.45, 2.75) is 26.4 Å². The number of carbonyl (C=O) groups is 2. The number of amides is 2. The Morgan fingerprint density at radius 2 is 2.09 bits per heavy atom. The summed E-state index contributed by atoms with van der Waals surface area (Å²) in [5.74, 6) is -1.25. The summed E-state index contributed by atoms with van der Waals surface area (Å²) in [4.78, 5) is 27.6. The van der Waals surface area contributed by atoms with E-state index in [0.29, 0.717) is 4.88 Å². The number of pyridine rings is 1. The van der Waals surface area contributed by atoms with Crippen LogP contribution in [0.3, 0.4) is 0 Å². The Balaban J connectivity index is 2.35. The Labute approximate surface area is 136 Å². The first-order valence-electron chi connectivity index (χ1n) is 6.71. The highest BCUT2D eigenvalue weighted by atomic mass is 32.1. The molecular formula is C15H16FN3O3S. The van der Waals surface area contributed by atoms with E-state index in [1.54, 1.807) is 20.8 Å². The van der Waals surface area contributed by atoms with Gasteiger partial charge in [-0.3, -0.25) is 15.1 Å². The molecule has 0 aliphatic rings. The van der Waals surface area contributed by atoms with Crippen LogP contribution in [-0.2, 0) is 4.74 Å². The lowest BCUT2D eigenvalue weighted by Crippen LogP contribution is -2.27. The molecule has 0 saturated heterocycles. The third kappa shape index (κ3) is 4.26. The van der Waals surface area contributed by atoms with Crippen molar-refractivity contribution in [3.63, 3.8) is 0 Å². The van der Waals surface area contributed by atoms with Gasteiger partial charge < -0.3 is 10.5 Å². The molecule has 3 N–H and O–H groups in total. The minimum absolute atomic E-state index is 0.113. The van der Waals surface area contributed by atoms with Gasteiger partial charge in [0, 0.05) is 16.6 Å². The van der Waals surface area contributed by atoms with Crippen molar-refractivity contribution in [3.05, 3.63) is 35.2 Å². The molecule has 2 aromatic heterocycles. The van der Waals surface area contributed by atoms with Gasteiger partial charge in [0.25, 0.3) is 5.91 Å². The second kappa shape index (κ2) is 6.33. The van der Waals surface area contributed by atoms with Crippen LogP contribution in [0.4, 0.5) is 14.9 Å². The SMILES string of the molecule is CC(C)(C)OC(=O)Nc1cc(-c2ccncc2F)sc1C(N)=O. The largest absolute Gasteiger partial charge is 0.444 e. The molecule has 0 spiro atoms. The maximum Gasteiger partial charge on any atom is 0.412 e. The zero-order chi connectivity index (χ0) is 17.2. The summed E-state index contributed by atoms with van der Waals surface area (Å²) >= 11 is 0.982. The fraction of sp³-hybridized carbons (Fsp3) is 0.267. The number of hydrogen-bond donors (Lipinski definition) is 2. The monoisotopic (exact) mass is 337 g/mol. The number of anilines is 1. The van der Waals surface area contributed by atoms with Crippen molar-refractivity contribution >= 4 is 29.0 Å². The van der Waals surface area contributed by atoms with Crippen LogP contribution in [0.25, 0.3) is 10.4 Å². The van der Waals surface area contributed by atoms with E-state index < -0.39 is 23.4 Å². The van der Waals surface area contributed by atoms with Crippen LogP contribution in [0, 0.1) is 5.82 Å². The fourth-order valence-corrected chi connectivity index (χ4v) is 2.78. The Morgan fingerprint density at radius 1 is 1.39 bits per heavy atom. The van der Waals surface area contributed by atoms with E-state index in [1.807, 2.05) is 0 Å². The number of hydrogen-bond acceptors (Lipinski definition) is 5. The minimum Gasteiger partial charge on any atom is -0.444 e. The Hall–Kier alpha value is -2.48. The summed E-state index contributed by atoms with van der Waals surface area (Å²) in [6, 6.07) is 2.95. The number of halogens is 1. The van der Waals surface area contributed by atoms with Crippen molar-refractivity contribution in [1.82, 2.24) is 4.98 Å². The predicted octanol–water partition coefficient (Wildman–Crippen LogP) is 3.40. The van der Waals surface area contributed by atoms with E-state index in [1.165, 1.54) is 18.3 Å². The minimum atomic E-state index is -0.723. The summed E-state index contributed by atoms with van der Waals surface area (Å²) in [7, 11) is 0. The van der Waals surface area contributed by atoms with Crippen molar-refractivity contribution in [2.75, 3.05) is 5.32 Å². The van der Waals surface area contributed by atoms with Crippen LogP contribution in [0.2, 0.25) is 0 Å². The van der Waals surface area contributed by atoms with Crippen LogP contribution in [0.15, 0.2) is 24.5 Å². The summed E-state index contributed by atoms with van der Waals surface area (Å²) < 4.78 is 19.0. The van der Waals surface area contributed by atoms with E-state index in [9.17, 15) is 14.0 Å².